The lowest BCUT2D eigenvalue weighted by atomic mass is 10.1. The molecule has 0 aliphatic heterocycles. The van der Waals surface area contributed by atoms with Gasteiger partial charge >= 0.3 is 0 Å². The molecule has 1 atom stereocenters. The van der Waals surface area contributed by atoms with Crippen LogP contribution in [0.5, 0.6) is 0 Å². The van der Waals surface area contributed by atoms with Crippen molar-refractivity contribution in [1.82, 2.24) is 10.3 Å². The molecule has 18 heavy (non-hydrogen) atoms. The summed E-state index contributed by atoms with van der Waals surface area (Å²) in [4.78, 5) is 4.73. The van der Waals surface area contributed by atoms with Crippen molar-refractivity contribution in [2.45, 2.75) is 19.4 Å². The van der Waals surface area contributed by atoms with Gasteiger partial charge < -0.3 is 5.32 Å². The molecule has 0 saturated heterocycles. The van der Waals surface area contributed by atoms with Crippen LogP contribution in [-0.2, 0) is 6.42 Å². The zero-order valence-corrected chi connectivity index (χ0v) is 11.8. The number of pyridine rings is 1. The van der Waals surface area contributed by atoms with Gasteiger partial charge in [-0.15, -0.1) is 0 Å². The zero-order valence-electron chi connectivity index (χ0n) is 11.0. The van der Waals surface area contributed by atoms with Gasteiger partial charge in [0, 0.05) is 29.3 Å². The van der Waals surface area contributed by atoms with Gasteiger partial charge in [0.2, 0.25) is 0 Å². The van der Waals surface area contributed by atoms with Crippen LogP contribution in [0.15, 0.2) is 36.4 Å². The van der Waals surface area contributed by atoms with Crippen LogP contribution in [0.4, 0.5) is 0 Å². The number of nitrogens with one attached hydrogen (secondary N) is 1. The van der Waals surface area contributed by atoms with Crippen molar-refractivity contribution >= 4 is 22.7 Å². The van der Waals surface area contributed by atoms with Crippen molar-refractivity contribution in [3.05, 3.63) is 42.1 Å². The summed E-state index contributed by atoms with van der Waals surface area (Å²) < 4.78 is 0. The van der Waals surface area contributed by atoms with Crippen LogP contribution in [0.25, 0.3) is 10.9 Å². The van der Waals surface area contributed by atoms with Gasteiger partial charge in [0.15, 0.2) is 0 Å². The minimum atomic E-state index is 0.513. The van der Waals surface area contributed by atoms with Crippen LogP contribution in [0.3, 0.4) is 0 Å². The van der Waals surface area contributed by atoms with Crippen LogP contribution < -0.4 is 5.32 Å². The Hall–Kier alpha value is -1.06. The van der Waals surface area contributed by atoms with Crippen molar-refractivity contribution in [2.24, 2.45) is 0 Å². The van der Waals surface area contributed by atoms with E-state index in [-0.39, 0.29) is 0 Å². The van der Waals surface area contributed by atoms with Gasteiger partial charge in [0.05, 0.1) is 5.52 Å². The third kappa shape index (κ3) is 3.47. The summed E-state index contributed by atoms with van der Waals surface area (Å²) in [5, 5.41) is 4.73. The first-order chi connectivity index (χ1) is 8.83. The third-order valence-electron chi connectivity index (χ3n) is 2.97. The van der Waals surface area contributed by atoms with Crippen LogP contribution in [-0.4, -0.2) is 29.6 Å². The fraction of sp³-hybridized carbons (Fsp3) is 0.400. The molecule has 2 rings (SSSR count). The highest BCUT2D eigenvalue weighted by atomic mass is 32.2. The second-order valence-electron chi connectivity index (χ2n) is 4.41. The van der Waals surface area contributed by atoms with Gasteiger partial charge in [-0.25, -0.2) is 0 Å². The molecule has 3 heteroatoms. The molecule has 0 bridgehead atoms. The van der Waals surface area contributed by atoms with E-state index < -0.39 is 0 Å². The molecule has 1 aromatic heterocycles. The first kappa shape index (κ1) is 13.4. The molecule has 2 aromatic rings. The summed E-state index contributed by atoms with van der Waals surface area (Å²) in [7, 11) is 0. The Bertz CT molecular complexity index is 493. The maximum absolute atomic E-state index is 4.73. The van der Waals surface area contributed by atoms with Crippen LogP contribution in [0.2, 0.25) is 0 Å². The molecule has 0 fully saturated rings. The van der Waals surface area contributed by atoms with E-state index in [1.807, 2.05) is 17.8 Å². The van der Waals surface area contributed by atoms with E-state index in [2.05, 4.69) is 48.8 Å². The average molecular weight is 260 g/mol. The van der Waals surface area contributed by atoms with Crippen LogP contribution in [0.1, 0.15) is 12.6 Å². The number of para-hydroxylation sites is 1. The molecule has 0 aliphatic carbocycles. The molecule has 2 nitrogen and oxygen atoms in total. The lowest BCUT2D eigenvalue weighted by Crippen LogP contribution is -2.33. The van der Waals surface area contributed by atoms with Crippen molar-refractivity contribution in [3.63, 3.8) is 0 Å². The number of benzene rings is 1. The summed E-state index contributed by atoms with van der Waals surface area (Å²) in [5.41, 5.74) is 2.27. The quantitative estimate of drug-likeness (QED) is 0.864. The Labute approximate surface area is 113 Å². The summed E-state index contributed by atoms with van der Waals surface area (Å²) in [6.45, 7) is 3.17. The van der Waals surface area contributed by atoms with Crippen molar-refractivity contribution < 1.29 is 0 Å². The highest BCUT2D eigenvalue weighted by Crippen LogP contribution is 2.13. The Morgan fingerprint density at radius 1 is 1.22 bits per heavy atom. The third-order valence-corrected chi connectivity index (χ3v) is 3.71. The van der Waals surface area contributed by atoms with Gasteiger partial charge in [-0.3, -0.25) is 4.98 Å². The minimum Gasteiger partial charge on any atom is -0.313 e. The predicted octanol–water partition coefficient (Wildman–Crippen LogP) is 3.12. The second kappa shape index (κ2) is 6.76. The number of nitrogens with zero attached hydrogens (tertiary/aromatic N) is 1. The molecule has 96 valence electrons. The van der Waals surface area contributed by atoms with E-state index in [9.17, 15) is 0 Å². The van der Waals surface area contributed by atoms with Crippen molar-refractivity contribution in [3.8, 4) is 0 Å². The molecule has 1 heterocycles. The van der Waals surface area contributed by atoms with Gasteiger partial charge in [0.25, 0.3) is 0 Å². The van der Waals surface area contributed by atoms with E-state index in [0.717, 1.165) is 24.2 Å². The SMILES string of the molecule is CCNC(CSC)Cc1ccc2ccccc2n1. The number of fused-ring (bicyclic) bond motifs is 1. The van der Waals surface area contributed by atoms with Gasteiger partial charge in [-0.2, -0.15) is 11.8 Å². The maximum Gasteiger partial charge on any atom is 0.0705 e. The Morgan fingerprint density at radius 3 is 2.83 bits per heavy atom. The molecule has 0 aliphatic rings. The number of aromatic nitrogens is 1. The summed E-state index contributed by atoms with van der Waals surface area (Å²) in [5.74, 6) is 1.13. The van der Waals surface area contributed by atoms with Crippen molar-refractivity contribution in [2.75, 3.05) is 18.6 Å². The first-order valence-electron chi connectivity index (χ1n) is 6.40. The van der Waals surface area contributed by atoms with Gasteiger partial charge in [-0.05, 0) is 24.9 Å². The Morgan fingerprint density at radius 2 is 2.06 bits per heavy atom. The highest BCUT2D eigenvalue weighted by Gasteiger charge is 2.08. The second-order valence-corrected chi connectivity index (χ2v) is 5.32. The average Bonchev–Trinajstić information content (AvgIpc) is 2.39. The van der Waals surface area contributed by atoms with Gasteiger partial charge in [0.1, 0.15) is 0 Å². The molecule has 1 aromatic carbocycles. The van der Waals surface area contributed by atoms with E-state index in [1.54, 1.807) is 0 Å². The number of rotatable bonds is 6. The molecule has 0 amide bonds. The zero-order chi connectivity index (χ0) is 12.8. The minimum absolute atomic E-state index is 0.513. The van der Waals surface area contributed by atoms with E-state index in [4.69, 9.17) is 4.98 Å². The van der Waals surface area contributed by atoms with Crippen LogP contribution in [0, 0.1) is 0 Å². The molecular weight excluding hydrogens is 240 g/mol. The number of hydrogen-bond acceptors (Lipinski definition) is 3. The van der Waals surface area contributed by atoms with E-state index >= 15 is 0 Å². The number of hydrogen-bond donors (Lipinski definition) is 1. The van der Waals surface area contributed by atoms with Crippen LogP contribution >= 0.6 is 11.8 Å². The first-order valence-corrected chi connectivity index (χ1v) is 7.80. The highest BCUT2D eigenvalue weighted by molar-refractivity contribution is 7.98. The van der Waals surface area contributed by atoms with E-state index in [0.29, 0.717) is 6.04 Å². The number of thioether (sulfide) groups is 1. The predicted molar refractivity (Wildman–Crippen MR) is 81.3 cm³/mol. The molecule has 1 unspecified atom stereocenters. The van der Waals surface area contributed by atoms with Crippen molar-refractivity contribution in [1.29, 1.82) is 0 Å². The molecule has 0 radical (unpaired) electrons. The monoisotopic (exact) mass is 260 g/mol. The summed E-state index contributed by atoms with van der Waals surface area (Å²) in [6.07, 6.45) is 3.15. The molecule has 0 saturated carbocycles. The van der Waals surface area contributed by atoms with Gasteiger partial charge in [-0.1, -0.05) is 31.2 Å². The number of likely N-dealkylation sites (N-methyl/N-ethyl adjacent to an activating group) is 1. The topological polar surface area (TPSA) is 24.9 Å². The Kier molecular flexibility index (Phi) is 5.02. The maximum atomic E-state index is 4.73. The standard InChI is InChI=1S/C15H20N2S/c1-3-16-14(11-18-2)10-13-9-8-12-6-4-5-7-15(12)17-13/h4-9,14,16H,3,10-11H2,1-2H3. The Balaban J connectivity index is 2.14. The smallest absolute Gasteiger partial charge is 0.0705 e. The lowest BCUT2D eigenvalue weighted by Gasteiger charge is -2.16. The lowest BCUT2D eigenvalue weighted by molar-refractivity contribution is 0.568. The molecule has 1 N–H and O–H groups in total. The fourth-order valence-corrected chi connectivity index (χ4v) is 2.79. The molecule has 0 spiro atoms. The fourth-order valence-electron chi connectivity index (χ4n) is 2.15. The van der Waals surface area contributed by atoms with E-state index in [1.165, 1.54) is 11.1 Å². The normalized spacial score (nSPS) is 12.8. The largest absolute Gasteiger partial charge is 0.313 e. The summed E-state index contributed by atoms with van der Waals surface area (Å²) >= 11 is 1.88. The summed E-state index contributed by atoms with van der Waals surface area (Å²) in [6, 6.07) is 13.1. The molecular formula is C15H20N2S.